The molecule has 0 saturated heterocycles. The molecule has 0 aromatic heterocycles. The fourth-order valence-electron chi connectivity index (χ4n) is 12.1. The fraction of sp³-hybridized carbons (Fsp3) is 0.247. The molecule has 0 aliphatic carbocycles. The van der Waals surface area contributed by atoms with Crippen molar-refractivity contribution < 1.29 is 130 Å². The first kappa shape index (κ1) is 91.9. The zero-order chi connectivity index (χ0) is 87.7. The Morgan fingerprint density at radius 2 is 0.590 bits per heavy atom. The van der Waals surface area contributed by atoms with Crippen LogP contribution >= 0.6 is 0 Å². The lowest BCUT2D eigenvalue weighted by atomic mass is 9.90. The number of hydrogen-bond acceptors (Lipinski definition) is 9. The van der Waals surface area contributed by atoms with Crippen LogP contribution in [-0.2, 0) is 26.5 Å². The Morgan fingerprint density at radius 1 is 0.333 bits per heavy atom. The first-order valence-corrected chi connectivity index (χ1v) is 33.8. The van der Waals surface area contributed by atoms with Gasteiger partial charge in [0.15, 0.2) is 6.19 Å². The van der Waals surface area contributed by atoms with Crippen molar-refractivity contribution in [2.75, 3.05) is 65.0 Å². The van der Waals surface area contributed by atoms with Crippen LogP contribution in [0.3, 0.4) is 0 Å². The van der Waals surface area contributed by atoms with E-state index in [-0.39, 0.29) is 91.8 Å². The summed E-state index contributed by atoms with van der Waals surface area (Å²) >= 11 is 0. The largest absolute Gasteiger partial charge is 0.435 e. The third kappa shape index (κ3) is 19.7. The minimum Gasteiger partial charge on any atom is -0.364 e. The summed E-state index contributed by atoms with van der Waals surface area (Å²) in [6.07, 6.45) is -35.9. The van der Waals surface area contributed by atoms with Crippen molar-refractivity contribution in [3.63, 3.8) is 0 Å². The van der Waals surface area contributed by atoms with Gasteiger partial charge in [0.05, 0.1) is 5.69 Å². The Bertz CT molecular complexity index is 5050. The lowest BCUT2D eigenvalue weighted by Crippen LogP contribution is -2.50. The van der Waals surface area contributed by atoms with Crippen molar-refractivity contribution >= 4 is 69.6 Å². The third-order valence-electron chi connectivity index (χ3n) is 17.8. The van der Waals surface area contributed by atoms with Crippen LogP contribution in [0, 0.1) is 53.0 Å². The quantitative estimate of drug-likeness (QED) is 0.0344. The number of carbonyl (C=O) groups is 6. The van der Waals surface area contributed by atoms with Gasteiger partial charge < -0.3 is 25.0 Å². The summed E-state index contributed by atoms with van der Waals surface area (Å²) in [6, 6.07) is 43.8. The number of alkyl halides is 21. The van der Waals surface area contributed by atoms with E-state index < -0.39 is 106 Å². The summed E-state index contributed by atoms with van der Waals surface area (Å²) in [4.78, 5) is 82.4. The maximum atomic E-state index is 14.7. The molecular formula is C81H66F21N7O8. The number of halogens is 21. The highest BCUT2D eigenvalue weighted by Crippen LogP contribution is 2.57. The number of methoxy groups -OCH3 is 2. The number of ether oxygens (including phenoxy) is 2. The highest BCUT2D eigenvalue weighted by molar-refractivity contribution is 6.12. The smallest absolute Gasteiger partial charge is 0.364 e. The number of anilines is 6. The lowest BCUT2D eigenvalue weighted by Gasteiger charge is -2.32. The molecule has 0 aliphatic heterocycles. The van der Waals surface area contributed by atoms with Crippen molar-refractivity contribution in [1.82, 2.24) is 0 Å². The number of rotatable bonds is 19. The summed E-state index contributed by atoms with van der Waals surface area (Å²) < 4.78 is 292. The molecule has 0 atom stereocenters. The van der Waals surface area contributed by atoms with Gasteiger partial charge in [0.25, 0.3) is 35.4 Å². The van der Waals surface area contributed by atoms with E-state index in [1.807, 2.05) is 0 Å². The number of nitrogens with one attached hydrogen (secondary N) is 2. The molecule has 36 heteroatoms. The van der Waals surface area contributed by atoms with Gasteiger partial charge in [-0.1, -0.05) is 109 Å². The zero-order valence-electron chi connectivity index (χ0n) is 62.4. The van der Waals surface area contributed by atoms with Gasteiger partial charge in [-0.25, -0.2) is 18.1 Å². The SMILES string of the molecule is COCN(C(=O)c1ccccc1)c1cccc(C(=O)N(C)c2c(C)cc(C(F)(C(F)(F)F)C(F)(F)F)cc2C)c1.COCN(C(=O)c1ccccc1)c1cccc(C(=O)Nc2c(C)cc(C(F)(C(F)(F)F)C(F)(F)F)cc2C)c1.Cc1cc(C(F)(C(F)(F)F)C(F)(F)F)cc(C)c1NC(=O)c1cccc(N(C#N)C(=O)c2ccccc2)c1. The number of benzene rings is 9. The Labute approximate surface area is 653 Å². The van der Waals surface area contributed by atoms with Crippen LogP contribution in [0.2, 0.25) is 0 Å². The molecule has 2 N–H and O–H groups in total. The minimum atomic E-state index is -6.28. The van der Waals surface area contributed by atoms with Gasteiger partial charge >= 0.3 is 54.1 Å². The average molecular weight is 1660 g/mol. The summed E-state index contributed by atoms with van der Waals surface area (Å²) in [5.74, 6) is -3.78. The minimum absolute atomic E-state index is 0.0000355. The Hall–Kier alpha value is -12.3. The maximum absolute atomic E-state index is 14.7. The topological polar surface area (TPSA) is 182 Å². The molecule has 117 heavy (non-hydrogen) atoms. The van der Waals surface area contributed by atoms with Crippen LogP contribution in [0.5, 0.6) is 0 Å². The molecule has 9 rings (SSSR count). The average Bonchev–Trinajstić information content (AvgIpc) is 0.754. The van der Waals surface area contributed by atoms with Crippen molar-refractivity contribution in [2.45, 2.75) is 95.6 Å². The van der Waals surface area contributed by atoms with Gasteiger partial charge in [0, 0.05) is 99.8 Å². The number of nitrogens with zero attached hydrogens (tertiary/aromatic N) is 5. The van der Waals surface area contributed by atoms with Crippen LogP contribution < -0.4 is 30.2 Å². The van der Waals surface area contributed by atoms with E-state index in [2.05, 4.69) is 10.6 Å². The van der Waals surface area contributed by atoms with E-state index in [9.17, 15) is 126 Å². The molecule has 0 heterocycles. The van der Waals surface area contributed by atoms with Crippen LogP contribution in [0.15, 0.2) is 200 Å². The Morgan fingerprint density at radius 3 is 0.880 bits per heavy atom. The second-order valence-corrected chi connectivity index (χ2v) is 26.0. The third-order valence-corrected chi connectivity index (χ3v) is 17.8. The first-order chi connectivity index (χ1) is 54.3. The number of hydrogen-bond donors (Lipinski definition) is 2. The number of amides is 6. The van der Waals surface area contributed by atoms with Crippen molar-refractivity contribution in [3.8, 4) is 6.19 Å². The Kier molecular flexibility index (Phi) is 28.2. The molecule has 9 aromatic carbocycles. The molecule has 0 radical (unpaired) electrons. The number of aryl methyl sites for hydroxylation is 6. The van der Waals surface area contributed by atoms with E-state index in [1.165, 1.54) is 118 Å². The highest BCUT2D eigenvalue weighted by atomic mass is 19.5. The molecule has 0 fully saturated rings. The fourth-order valence-corrected chi connectivity index (χ4v) is 12.1. The van der Waals surface area contributed by atoms with Crippen LogP contribution in [-0.4, -0.2) is 107 Å². The standard InChI is InChI=1S/C28H25F7N2O3.C27H23F7N2O3.C26H18F7N3O2/c1-17-13-21(26(29,27(30,31)32)28(33,34)35)14-18(2)23(17)36(3)24(38)20-11-8-12-22(15-20)37(16-40-4)25(39)19-9-6-5-7-10-19;1-16-12-20(25(28,26(29,30)31)27(32,33)34)13-17(2)22(16)35-23(37)19-10-7-11-21(14-19)36(15-39-3)24(38)18-8-5-4-6-9-18;1-15-11-19(24(27,25(28,29)30)26(31,32)33)12-16(2)21(15)35-22(37)18-9-6-10-20(13-18)36(14-34)23(38)17-7-4-3-5-8-17/h5-15H,16H2,1-4H3;4-14H,15H2,1-3H3,(H,35,37);3-13H,1-2H3,(H,35,37). The molecule has 9 aromatic rings. The molecule has 0 unspecified atom stereocenters. The first-order valence-electron chi connectivity index (χ1n) is 33.8. The second-order valence-electron chi connectivity index (χ2n) is 26.0. The molecule has 620 valence electrons. The molecule has 0 aliphatic rings. The summed E-state index contributed by atoms with van der Waals surface area (Å²) in [5, 5.41) is 14.4. The van der Waals surface area contributed by atoms with E-state index in [1.54, 1.807) is 97.2 Å². The number of carbonyl (C=O) groups excluding carboxylic acids is 6. The number of nitriles is 1. The molecule has 0 spiro atoms. The normalized spacial score (nSPS) is 12.2. The van der Waals surface area contributed by atoms with E-state index in [4.69, 9.17) is 9.47 Å². The van der Waals surface area contributed by atoms with Gasteiger partial charge in [-0.05, 0) is 166 Å². The Balaban J connectivity index is 0.000000243. The highest BCUT2D eigenvalue weighted by Gasteiger charge is 2.76. The molecule has 15 nitrogen and oxygen atoms in total. The van der Waals surface area contributed by atoms with Crippen molar-refractivity contribution in [3.05, 3.63) is 284 Å². The van der Waals surface area contributed by atoms with Crippen LogP contribution in [0.4, 0.5) is 126 Å². The van der Waals surface area contributed by atoms with Crippen LogP contribution in [0.25, 0.3) is 0 Å². The predicted molar refractivity (Wildman–Crippen MR) is 390 cm³/mol. The molecular weight excluding hydrogens is 1600 g/mol. The van der Waals surface area contributed by atoms with Crippen LogP contribution in [0.1, 0.15) is 112 Å². The monoisotopic (exact) mass is 1660 g/mol. The molecule has 0 saturated carbocycles. The maximum Gasteiger partial charge on any atom is 0.435 e. The summed E-state index contributed by atoms with van der Waals surface area (Å²) in [5.41, 5.74) is -21.7. The molecule has 0 bridgehead atoms. The summed E-state index contributed by atoms with van der Waals surface area (Å²) in [6.45, 7) is 6.59. The second kappa shape index (κ2) is 35.9. The van der Waals surface area contributed by atoms with E-state index >= 15 is 0 Å². The van der Waals surface area contributed by atoms with Gasteiger partial charge in [-0.3, -0.25) is 38.6 Å². The van der Waals surface area contributed by atoms with Gasteiger partial charge in [0.2, 0.25) is 0 Å². The zero-order valence-corrected chi connectivity index (χ0v) is 62.4. The molecule has 6 amide bonds. The van der Waals surface area contributed by atoms with E-state index in [0.29, 0.717) is 58.9 Å². The predicted octanol–water partition coefficient (Wildman–Crippen LogP) is 21.2. The lowest BCUT2D eigenvalue weighted by molar-refractivity contribution is -0.349. The summed E-state index contributed by atoms with van der Waals surface area (Å²) in [7, 11) is 4.04. The van der Waals surface area contributed by atoms with Gasteiger partial charge in [-0.15, -0.1) is 0 Å². The van der Waals surface area contributed by atoms with E-state index in [0.717, 1.165) is 37.5 Å². The van der Waals surface area contributed by atoms with Crippen molar-refractivity contribution in [1.29, 1.82) is 5.26 Å². The van der Waals surface area contributed by atoms with Crippen molar-refractivity contribution in [2.24, 2.45) is 0 Å². The van der Waals surface area contributed by atoms with Gasteiger partial charge in [0.1, 0.15) is 13.5 Å². The van der Waals surface area contributed by atoms with Gasteiger partial charge in [-0.2, -0.15) is 84.3 Å².